The molecular weight excluding hydrogens is 308 g/mol. The molecule has 2 N–H and O–H groups in total. The molecule has 0 saturated heterocycles. The Labute approximate surface area is 133 Å². The number of nitrogens with two attached hydrogens (primary N) is 1. The van der Waals surface area contributed by atoms with Crippen LogP contribution < -0.4 is 15.2 Å². The fourth-order valence-corrected chi connectivity index (χ4v) is 2.99. The lowest BCUT2D eigenvalue weighted by atomic mass is 9.79. The van der Waals surface area contributed by atoms with Crippen molar-refractivity contribution in [1.82, 2.24) is 0 Å². The standard InChI is InChI=1S/C16H21F2NO4/c1-9(20)22-11-4-5-13(19)12(8-11)10-3-6-14(21-2)15(7-10)23-16(17)18/h3,6-7,11-13,16H,4-5,8,19H2,1-2H3. The van der Waals surface area contributed by atoms with Gasteiger partial charge < -0.3 is 19.9 Å². The number of ether oxygens (including phenoxy) is 3. The van der Waals surface area contributed by atoms with Crippen LogP contribution in [0, 0.1) is 0 Å². The number of carbonyl (C=O) groups is 1. The fourth-order valence-electron chi connectivity index (χ4n) is 2.99. The summed E-state index contributed by atoms with van der Waals surface area (Å²) >= 11 is 0. The van der Waals surface area contributed by atoms with Gasteiger partial charge in [-0.1, -0.05) is 6.07 Å². The highest BCUT2D eigenvalue weighted by Gasteiger charge is 2.31. The highest BCUT2D eigenvalue weighted by molar-refractivity contribution is 5.66. The smallest absolute Gasteiger partial charge is 0.387 e. The first kappa shape index (κ1) is 17.5. The Kier molecular flexibility index (Phi) is 5.76. The molecular formula is C16H21F2NO4. The van der Waals surface area contributed by atoms with Crippen molar-refractivity contribution >= 4 is 5.97 Å². The number of hydrogen-bond donors (Lipinski definition) is 1. The maximum atomic E-state index is 12.5. The lowest BCUT2D eigenvalue weighted by molar-refractivity contribution is -0.148. The van der Waals surface area contributed by atoms with E-state index in [4.69, 9.17) is 15.2 Å². The Hall–Kier alpha value is -1.89. The van der Waals surface area contributed by atoms with Gasteiger partial charge in [0, 0.05) is 18.9 Å². The molecule has 1 aliphatic carbocycles. The molecule has 1 fully saturated rings. The number of alkyl halides is 2. The first-order valence-electron chi connectivity index (χ1n) is 7.46. The molecule has 0 bridgehead atoms. The predicted molar refractivity (Wildman–Crippen MR) is 79.7 cm³/mol. The zero-order valence-corrected chi connectivity index (χ0v) is 13.1. The van der Waals surface area contributed by atoms with Crippen LogP contribution in [-0.2, 0) is 9.53 Å². The quantitative estimate of drug-likeness (QED) is 0.841. The van der Waals surface area contributed by atoms with Crippen molar-refractivity contribution in [2.24, 2.45) is 5.73 Å². The monoisotopic (exact) mass is 329 g/mol. The van der Waals surface area contributed by atoms with Crippen LogP contribution in [0.5, 0.6) is 11.5 Å². The average molecular weight is 329 g/mol. The second-order valence-corrected chi connectivity index (χ2v) is 5.60. The number of benzene rings is 1. The van der Waals surface area contributed by atoms with E-state index < -0.39 is 6.61 Å². The van der Waals surface area contributed by atoms with E-state index in [1.54, 1.807) is 12.1 Å². The lowest BCUT2D eigenvalue weighted by Crippen LogP contribution is -2.38. The molecule has 1 saturated carbocycles. The molecule has 1 aliphatic rings. The summed E-state index contributed by atoms with van der Waals surface area (Å²) in [5.41, 5.74) is 6.93. The molecule has 128 valence electrons. The molecule has 0 aromatic heterocycles. The molecule has 3 unspecified atom stereocenters. The molecule has 3 atom stereocenters. The summed E-state index contributed by atoms with van der Waals surface area (Å²) in [4.78, 5) is 11.1. The molecule has 0 amide bonds. The third-order valence-corrected chi connectivity index (χ3v) is 4.02. The Morgan fingerprint density at radius 2 is 2.04 bits per heavy atom. The largest absolute Gasteiger partial charge is 0.493 e. The molecule has 5 nitrogen and oxygen atoms in total. The van der Waals surface area contributed by atoms with Gasteiger partial charge in [-0.05, 0) is 37.0 Å². The first-order chi connectivity index (χ1) is 10.9. The van der Waals surface area contributed by atoms with Crippen molar-refractivity contribution in [2.75, 3.05) is 7.11 Å². The van der Waals surface area contributed by atoms with E-state index >= 15 is 0 Å². The van der Waals surface area contributed by atoms with Crippen molar-refractivity contribution < 1.29 is 27.8 Å². The fraction of sp³-hybridized carbons (Fsp3) is 0.562. The average Bonchev–Trinajstić information content (AvgIpc) is 2.48. The SMILES string of the molecule is COc1ccc(C2CC(OC(C)=O)CCC2N)cc1OC(F)F. The molecule has 0 aliphatic heterocycles. The summed E-state index contributed by atoms with van der Waals surface area (Å²) in [7, 11) is 1.39. The van der Waals surface area contributed by atoms with Gasteiger partial charge in [-0.25, -0.2) is 0 Å². The van der Waals surface area contributed by atoms with Crippen LogP contribution in [0.15, 0.2) is 18.2 Å². The number of methoxy groups -OCH3 is 1. The van der Waals surface area contributed by atoms with Gasteiger partial charge in [-0.15, -0.1) is 0 Å². The topological polar surface area (TPSA) is 70.8 Å². The minimum Gasteiger partial charge on any atom is -0.493 e. The van der Waals surface area contributed by atoms with Gasteiger partial charge in [0.1, 0.15) is 6.10 Å². The molecule has 2 rings (SSSR count). The van der Waals surface area contributed by atoms with E-state index in [1.165, 1.54) is 20.1 Å². The summed E-state index contributed by atoms with van der Waals surface area (Å²) in [6.07, 6.45) is 1.74. The summed E-state index contributed by atoms with van der Waals surface area (Å²) in [6.45, 7) is -1.57. The third kappa shape index (κ3) is 4.54. The number of hydrogen-bond acceptors (Lipinski definition) is 5. The van der Waals surface area contributed by atoms with Gasteiger partial charge in [0.25, 0.3) is 0 Å². The van der Waals surface area contributed by atoms with Crippen LogP contribution in [0.25, 0.3) is 0 Å². The van der Waals surface area contributed by atoms with E-state index in [0.717, 1.165) is 5.56 Å². The van der Waals surface area contributed by atoms with Crippen molar-refractivity contribution in [3.63, 3.8) is 0 Å². The maximum absolute atomic E-state index is 12.5. The molecule has 1 aromatic carbocycles. The highest BCUT2D eigenvalue weighted by atomic mass is 19.3. The van der Waals surface area contributed by atoms with E-state index in [1.807, 2.05) is 0 Å². The Morgan fingerprint density at radius 1 is 1.30 bits per heavy atom. The second kappa shape index (κ2) is 7.59. The number of esters is 1. The predicted octanol–water partition coefficient (Wildman–Crippen LogP) is 2.82. The van der Waals surface area contributed by atoms with Gasteiger partial charge >= 0.3 is 12.6 Å². The van der Waals surface area contributed by atoms with Crippen LogP contribution in [0.4, 0.5) is 8.78 Å². The van der Waals surface area contributed by atoms with Crippen LogP contribution in [0.2, 0.25) is 0 Å². The summed E-state index contributed by atoms with van der Waals surface area (Å²) in [6, 6.07) is 4.74. The van der Waals surface area contributed by atoms with Gasteiger partial charge in [-0.3, -0.25) is 4.79 Å². The Bertz CT molecular complexity index is 553. The zero-order chi connectivity index (χ0) is 17.0. The van der Waals surface area contributed by atoms with Crippen molar-refractivity contribution in [2.45, 2.75) is 50.9 Å². The molecule has 1 aromatic rings. The molecule has 7 heteroatoms. The normalized spacial score (nSPS) is 24.3. The minimum absolute atomic E-state index is 0.0261. The maximum Gasteiger partial charge on any atom is 0.387 e. The Balaban J connectivity index is 2.22. The molecule has 0 spiro atoms. The van der Waals surface area contributed by atoms with Crippen molar-refractivity contribution in [3.05, 3.63) is 23.8 Å². The minimum atomic E-state index is -2.94. The van der Waals surface area contributed by atoms with E-state index in [2.05, 4.69) is 4.74 Å². The summed E-state index contributed by atoms with van der Waals surface area (Å²) in [5, 5.41) is 0. The highest BCUT2D eigenvalue weighted by Crippen LogP contribution is 2.38. The van der Waals surface area contributed by atoms with Gasteiger partial charge in [0.2, 0.25) is 0 Å². The Morgan fingerprint density at radius 3 is 2.65 bits per heavy atom. The lowest BCUT2D eigenvalue weighted by Gasteiger charge is -2.34. The van der Waals surface area contributed by atoms with E-state index in [0.29, 0.717) is 19.3 Å². The first-order valence-corrected chi connectivity index (χ1v) is 7.46. The van der Waals surface area contributed by atoms with Gasteiger partial charge in [0.05, 0.1) is 7.11 Å². The van der Waals surface area contributed by atoms with E-state index in [9.17, 15) is 13.6 Å². The number of carbonyl (C=O) groups excluding carboxylic acids is 1. The van der Waals surface area contributed by atoms with Crippen LogP contribution >= 0.6 is 0 Å². The van der Waals surface area contributed by atoms with Crippen LogP contribution in [-0.4, -0.2) is 31.8 Å². The van der Waals surface area contributed by atoms with Gasteiger partial charge in [-0.2, -0.15) is 8.78 Å². The van der Waals surface area contributed by atoms with Gasteiger partial charge in [0.15, 0.2) is 11.5 Å². The second-order valence-electron chi connectivity index (χ2n) is 5.60. The number of halogens is 2. The number of rotatable bonds is 5. The molecule has 0 radical (unpaired) electrons. The van der Waals surface area contributed by atoms with E-state index in [-0.39, 0.29) is 35.5 Å². The zero-order valence-electron chi connectivity index (χ0n) is 13.1. The molecule has 0 heterocycles. The van der Waals surface area contributed by atoms with Crippen molar-refractivity contribution in [1.29, 1.82) is 0 Å². The van der Waals surface area contributed by atoms with Crippen LogP contribution in [0.1, 0.15) is 37.7 Å². The molecule has 23 heavy (non-hydrogen) atoms. The summed E-state index contributed by atoms with van der Waals surface area (Å²) < 4.78 is 39.9. The van der Waals surface area contributed by atoms with Crippen molar-refractivity contribution in [3.8, 4) is 11.5 Å². The third-order valence-electron chi connectivity index (χ3n) is 4.02. The summed E-state index contributed by atoms with van der Waals surface area (Å²) in [5.74, 6) is -0.225. The van der Waals surface area contributed by atoms with Crippen LogP contribution in [0.3, 0.4) is 0 Å².